The molecule has 0 aliphatic carbocycles. The molecule has 0 fully saturated rings. The smallest absolute Gasteiger partial charge is 0.0889 e. The molecule has 0 radical (unpaired) electrons. The van der Waals surface area contributed by atoms with Gasteiger partial charge in [0.05, 0.1) is 11.0 Å². The molecule has 0 aliphatic rings. The number of hydrogen-bond donors (Lipinski definition) is 1. The van der Waals surface area contributed by atoms with Crippen molar-refractivity contribution < 1.29 is 5.11 Å². The Morgan fingerprint density at radius 3 is 2.64 bits per heavy atom. The van der Waals surface area contributed by atoms with Crippen LogP contribution in [0, 0.1) is 0 Å². The minimum absolute atomic E-state index is 0.154. The first-order valence-corrected chi connectivity index (χ1v) is 4.63. The number of aromatic nitrogens is 2. The Bertz CT molecular complexity index is 442. The predicted molar refractivity (Wildman–Crippen MR) is 55.0 cm³/mol. The second kappa shape index (κ2) is 3.72. The third-order valence-corrected chi connectivity index (χ3v) is 2.34. The Labute approximate surface area is 82.4 Å². The topological polar surface area (TPSA) is 46.0 Å². The summed E-state index contributed by atoms with van der Waals surface area (Å²) in [6.07, 6.45) is 3.35. The van der Waals surface area contributed by atoms with Gasteiger partial charge >= 0.3 is 0 Å². The molecule has 1 heterocycles. The normalized spacial score (nSPS) is 13.0. The van der Waals surface area contributed by atoms with Crippen LogP contribution in [-0.2, 0) is 0 Å². The molecule has 0 aliphatic heterocycles. The molecule has 0 spiro atoms. The van der Waals surface area contributed by atoms with Crippen molar-refractivity contribution in [3.05, 3.63) is 36.2 Å². The Morgan fingerprint density at radius 2 is 1.93 bits per heavy atom. The molecule has 1 atom stereocenters. The summed E-state index contributed by atoms with van der Waals surface area (Å²) in [5.41, 5.74) is 2.87. The van der Waals surface area contributed by atoms with Crippen molar-refractivity contribution in [3.63, 3.8) is 0 Å². The van der Waals surface area contributed by atoms with Crippen molar-refractivity contribution in [1.29, 1.82) is 0 Å². The molecule has 1 aromatic heterocycles. The highest BCUT2D eigenvalue weighted by molar-refractivity contribution is 5.74. The third-order valence-electron chi connectivity index (χ3n) is 2.34. The fraction of sp³-hybridized carbons (Fsp3) is 0.273. The van der Waals surface area contributed by atoms with Gasteiger partial charge in [-0.1, -0.05) is 13.0 Å². The summed E-state index contributed by atoms with van der Waals surface area (Å²) >= 11 is 0. The standard InChI is InChI=1S/C11H12N2O/c1-8(7-14)9-2-3-10-11(6-9)13-5-4-12-10/h2-6,8,14H,7H2,1H3. The van der Waals surface area contributed by atoms with Gasteiger partial charge in [0, 0.05) is 24.9 Å². The van der Waals surface area contributed by atoms with Crippen LogP contribution >= 0.6 is 0 Å². The SMILES string of the molecule is CC(CO)c1ccc2nccnc2c1. The fourth-order valence-corrected chi connectivity index (χ4v) is 1.39. The molecule has 0 amide bonds. The van der Waals surface area contributed by atoms with Crippen LogP contribution < -0.4 is 0 Å². The summed E-state index contributed by atoms with van der Waals surface area (Å²) in [6.45, 7) is 2.14. The van der Waals surface area contributed by atoms with Gasteiger partial charge in [-0.25, -0.2) is 0 Å². The second-order valence-corrected chi connectivity index (χ2v) is 3.39. The Hall–Kier alpha value is -1.48. The van der Waals surface area contributed by atoms with Crippen LogP contribution in [0.3, 0.4) is 0 Å². The van der Waals surface area contributed by atoms with Gasteiger partial charge in [-0.2, -0.15) is 0 Å². The van der Waals surface area contributed by atoms with Gasteiger partial charge < -0.3 is 5.11 Å². The minimum Gasteiger partial charge on any atom is -0.396 e. The third kappa shape index (κ3) is 1.59. The Balaban J connectivity index is 2.51. The monoisotopic (exact) mass is 188 g/mol. The van der Waals surface area contributed by atoms with Gasteiger partial charge in [0.15, 0.2) is 0 Å². The van der Waals surface area contributed by atoms with Crippen LogP contribution in [0.1, 0.15) is 18.4 Å². The lowest BCUT2D eigenvalue weighted by Crippen LogP contribution is -1.98. The van der Waals surface area contributed by atoms with E-state index in [0.717, 1.165) is 16.6 Å². The molecule has 2 rings (SSSR count). The molecular formula is C11H12N2O. The predicted octanol–water partition coefficient (Wildman–Crippen LogP) is 1.73. The van der Waals surface area contributed by atoms with Crippen LogP contribution in [0.25, 0.3) is 11.0 Å². The average molecular weight is 188 g/mol. The van der Waals surface area contributed by atoms with Crippen molar-refractivity contribution in [1.82, 2.24) is 9.97 Å². The summed E-state index contributed by atoms with van der Waals surface area (Å²) in [4.78, 5) is 8.40. The van der Waals surface area contributed by atoms with Gasteiger partial charge in [-0.15, -0.1) is 0 Å². The quantitative estimate of drug-likeness (QED) is 0.780. The molecule has 0 bridgehead atoms. The van der Waals surface area contributed by atoms with Gasteiger partial charge in [0.1, 0.15) is 0 Å². The largest absolute Gasteiger partial charge is 0.396 e. The molecule has 1 N–H and O–H groups in total. The van der Waals surface area contributed by atoms with E-state index in [4.69, 9.17) is 5.11 Å². The molecule has 0 saturated carbocycles. The van der Waals surface area contributed by atoms with E-state index in [1.807, 2.05) is 25.1 Å². The van der Waals surface area contributed by atoms with E-state index in [1.165, 1.54) is 0 Å². The molecular weight excluding hydrogens is 176 g/mol. The zero-order chi connectivity index (χ0) is 9.97. The second-order valence-electron chi connectivity index (χ2n) is 3.39. The molecule has 14 heavy (non-hydrogen) atoms. The number of hydrogen-bond acceptors (Lipinski definition) is 3. The lowest BCUT2D eigenvalue weighted by Gasteiger charge is -2.08. The lowest BCUT2D eigenvalue weighted by molar-refractivity contribution is 0.273. The number of aliphatic hydroxyl groups excluding tert-OH is 1. The van der Waals surface area contributed by atoms with E-state index in [2.05, 4.69) is 9.97 Å². The van der Waals surface area contributed by atoms with Crippen LogP contribution in [-0.4, -0.2) is 21.7 Å². The van der Waals surface area contributed by atoms with Crippen molar-refractivity contribution in [2.75, 3.05) is 6.61 Å². The Kier molecular flexibility index (Phi) is 2.41. The Morgan fingerprint density at radius 1 is 1.21 bits per heavy atom. The van der Waals surface area contributed by atoms with E-state index in [1.54, 1.807) is 12.4 Å². The van der Waals surface area contributed by atoms with E-state index in [0.29, 0.717) is 0 Å². The molecule has 1 unspecified atom stereocenters. The molecule has 3 nitrogen and oxygen atoms in total. The maximum atomic E-state index is 9.02. The fourth-order valence-electron chi connectivity index (χ4n) is 1.39. The number of rotatable bonds is 2. The van der Waals surface area contributed by atoms with Gasteiger partial charge in [-0.05, 0) is 17.7 Å². The van der Waals surface area contributed by atoms with Gasteiger partial charge in [-0.3, -0.25) is 9.97 Å². The number of aliphatic hydroxyl groups is 1. The minimum atomic E-state index is 0.154. The number of nitrogens with zero attached hydrogens (tertiary/aromatic N) is 2. The summed E-state index contributed by atoms with van der Waals surface area (Å²) in [5.74, 6) is 0.154. The lowest BCUT2D eigenvalue weighted by atomic mass is 10.0. The van der Waals surface area contributed by atoms with Crippen molar-refractivity contribution in [2.24, 2.45) is 0 Å². The molecule has 3 heteroatoms. The first-order valence-electron chi connectivity index (χ1n) is 4.63. The van der Waals surface area contributed by atoms with E-state index in [-0.39, 0.29) is 12.5 Å². The summed E-state index contributed by atoms with van der Waals surface area (Å²) in [6, 6.07) is 5.89. The average Bonchev–Trinajstić information content (AvgIpc) is 2.27. The maximum Gasteiger partial charge on any atom is 0.0889 e. The highest BCUT2D eigenvalue weighted by Gasteiger charge is 2.04. The maximum absolute atomic E-state index is 9.02. The van der Waals surface area contributed by atoms with E-state index < -0.39 is 0 Å². The van der Waals surface area contributed by atoms with Crippen molar-refractivity contribution >= 4 is 11.0 Å². The summed E-state index contributed by atoms with van der Waals surface area (Å²) in [5, 5.41) is 9.02. The summed E-state index contributed by atoms with van der Waals surface area (Å²) < 4.78 is 0. The number of benzene rings is 1. The highest BCUT2D eigenvalue weighted by Crippen LogP contribution is 2.18. The van der Waals surface area contributed by atoms with Gasteiger partial charge in [0.2, 0.25) is 0 Å². The van der Waals surface area contributed by atoms with Gasteiger partial charge in [0.25, 0.3) is 0 Å². The van der Waals surface area contributed by atoms with Crippen molar-refractivity contribution in [3.8, 4) is 0 Å². The van der Waals surface area contributed by atoms with Crippen LogP contribution in [0.2, 0.25) is 0 Å². The first kappa shape index (κ1) is 9.09. The molecule has 0 saturated heterocycles. The van der Waals surface area contributed by atoms with Crippen LogP contribution in [0.5, 0.6) is 0 Å². The zero-order valence-electron chi connectivity index (χ0n) is 8.01. The molecule has 1 aromatic carbocycles. The van der Waals surface area contributed by atoms with E-state index >= 15 is 0 Å². The molecule has 2 aromatic rings. The number of fused-ring (bicyclic) bond motifs is 1. The zero-order valence-corrected chi connectivity index (χ0v) is 8.01. The highest BCUT2D eigenvalue weighted by atomic mass is 16.3. The van der Waals surface area contributed by atoms with Crippen molar-refractivity contribution in [2.45, 2.75) is 12.8 Å². The molecule has 72 valence electrons. The van der Waals surface area contributed by atoms with Crippen LogP contribution in [0.15, 0.2) is 30.6 Å². The summed E-state index contributed by atoms with van der Waals surface area (Å²) in [7, 11) is 0. The first-order chi connectivity index (χ1) is 6.81. The van der Waals surface area contributed by atoms with Crippen LogP contribution in [0.4, 0.5) is 0 Å². The van der Waals surface area contributed by atoms with E-state index in [9.17, 15) is 0 Å².